The molecule has 0 saturated carbocycles. The van der Waals surface area contributed by atoms with E-state index in [2.05, 4.69) is 5.32 Å². The predicted octanol–water partition coefficient (Wildman–Crippen LogP) is 1.26. The molecule has 0 bridgehead atoms. The summed E-state index contributed by atoms with van der Waals surface area (Å²) in [6.45, 7) is 8.81. The van der Waals surface area contributed by atoms with Gasteiger partial charge >= 0.3 is 12.2 Å². The van der Waals surface area contributed by atoms with Gasteiger partial charge in [-0.25, -0.2) is 9.59 Å². The Bertz CT molecular complexity index is 389. The number of ether oxygens (including phenoxy) is 1. The molecular formula is C13H24N2O5. The van der Waals surface area contributed by atoms with Gasteiger partial charge in [-0.15, -0.1) is 0 Å². The van der Waals surface area contributed by atoms with Crippen LogP contribution in [0.4, 0.5) is 9.59 Å². The lowest BCUT2D eigenvalue weighted by Gasteiger charge is -2.46. The number of alkyl carbamates (subject to hydrolysis) is 1. The Morgan fingerprint density at radius 2 is 1.90 bits per heavy atom. The van der Waals surface area contributed by atoms with Gasteiger partial charge in [0.25, 0.3) is 0 Å². The van der Waals surface area contributed by atoms with Crippen molar-refractivity contribution >= 4 is 12.2 Å². The first-order valence-corrected chi connectivity index (χ1v) is 6.63. The van der Waals surface area contributed by atoms with Gasteiger partial charge in [-0.3, -0.25) is 0 Å². The first-order valence-electron chi connectivity index (χ1n) is 6.63. The minimum atomic E-state index is -1.19. The number of hydrogen-bond acceptors (Lipinski definition) is 4. The van der Waals surface area contributed by atoms with Crippen LogP contribution in [-0.2, 0) is 4.74 Å². The van der Waals surface area contributed by atoms with Crippen molar-refractivity contribution in [1.82, 2.24) is 10.2 Å². The second-order valence-electron chi connectivity index (χ2n) is 6.51. The summed E-state index contributed by atoms with van der Waals surface area (Å²) < 4.78 is 5.14. The van der Waals surface area contributed by atoms with Gasteiger partial charge in [0.05, 0.1) is 11.6 Å². The van der Waals surface area contributed by atoms with Crippen LogP contribution in [0.1, 0.15) is 34.6 Å². The average Bonchev–Trinajstić information content (AvgIpc) is 2.21. The fourth-order valence-electron chi connectivity index (χ4n) is 2.14. The van der Waals surface area contributed by atoms with Crippen molar-refractivity contribution in [3.8, 4) is 0 Å². The van der Waals surface area contributed by atoms with E-state index in [0.717, 1.165) is 0 Å². The second-order valence-corrected chi connectivity index (χ2v) is 6.51. The molecule has 7 nitrogen and oxygen atoms in total. The van der Waals surface area contributed by atoms with Gasteiger partial charge < -0.3 is 25.2 Å². The summed E-state index contributed by atoms with van der Waals surface area (Å²) in [6, 6.07) is -0.711. The lowest BCUT2D eigenvalue weighted by atomic mass is 9.80. The van der Waals surface area contributed by atoms with E-state index in [4.69, 9.17) is 9.84 Å². The van der Waals surface area contributed by atoms with E-state index in [1.807, 2.05) is 0 Å². The van der Waals surface area contributed by atoms with Crippen LogP contribution < -0.4 is 5.32 Å². The van der Waals surface area contributed by atoms with E-state index in [1.54, 1.807) is 34.6 Å². The second kappa shape index (κ2) is 5.47. The number of likely N-dealkylation sites (tertiary alicyclic amines) is 1. The van der Waals surface area contributed by atoms with Crippen molar-refractivity contribution in [1.29, 1.82) is 0 Å². The molecule has 1 rings (SSSR count). The molecule has 2 amide bonds. The van der Waals surface area contributed by atoms with E-state index in [9.17, 15) is 14.7 Å². The summed E-state index contributed by atoms with van der Waals surface area (Å²) in [6.07, 6.45) is -1.73. The van der Waals surface area contributed by atoms with Gasteiger partial charge in [-0.05, 0) is 27.7 Å². The molecule has 20 heavy (non-hydrogen) atoms. The summed E-state index contributed by atoms with van der Waals surface area (Å²) in [4.78, 5) is 24.0. The zero-order chi connectivity index (χ0) is 15.7. The van der Waals surface area contributed by atoms with E-state index >= 15 is 0 Å². The Hall–Kier alpha value is -1.50. The predicted molar refractivity (Wildman–Crippen MR) is 72.5 cm³/mol. The maximum absolute atomic E-state index is 11.8. The smallest absolute Gasteiger partial charge is 0.408 e. The van der Waals surface area contributed by atoms with Crippen molar-refractivity contribution in [3.63, 3.8) is 0 Å². The van der Waals surface area contributed by atoms with Crippen molar-refractivity contribution < 1.29 is 24.5 Å². The monoisotopic (exact) mass is 288 g/mol. The third kappa shape index (κ3) is 4.00. The first-order chi connectivity index (χ1) is 8.93. The minimum Gasteiger partial charge on any atom is -0.465 e. The molecule has 7 heteroatoms. The number of aliphatic hydroxyl groups is 1. The topological polar surface area (TPSA) is 99.1 Å². The van der Waals surface area contributed by atoms with Crippen LogP contribution >= 0.6 is 0 Å². The van der Waals surface area contributed by atoms with Gasteiger partial charge in [-0.1, -0.05) is 6.92 Å². The van der Waals surface area contributed by atoms with Gasteiger partial charge in [0.1, 0.15) is 5.60 Å². The maximum atomic E-state index is 11.8. The third-order valence-electron chi connectivity index (χ3n) is 3.56. The zero-order valence-electron chi connectivity index (χ0n) is 12.6. The van der Waals surface area contributed by atoms with Crippen LogP contribution in [0.2, 0.25) is 0 Å². The number of nitrogens with zero attached hydrogens (tertiary/aromatic N) is 1. The van der Waals surface area contributed by atoms with Crippen LogP contribution in [0, 0.1) is 5.92 Å². The number of carboxylic acid groups (broad SMARTS) is 1. The molecule has 1 saturated heterocycles. The van der Waals surface area contributed by atoms with Crippen LogP contribution in [0.3, 0.4) is 0 Å². The summed E-state index contributed by atoms with van der Waals surface area (Å²) in [5.74, 6) is -0.299. The maximum Gasteiger partial charge on any atom is 0.408 e. The zero-order valence-corrected chi connectivity index (χ0v) is 12.6. The molecule has 116 valence electrons. The Balaban J connectivity index is 2.78. The lowest BCUT2D eigenvalue weighted by molar-refractivity contribution is -0.0727. The highest BCUT2D eigenvalue weighted by Gasteiger charge is 2.45. The summed E-state index contributed by atoms with van der Waals surface area (Å²) in [5, 5.41) is 22.1. The summed E-state index contributed by atoms with van der Waals surface area (Å²) >= 11 is 0. The highest BCUT2D eigenvalue weighted by molar-refractivity contribution is 5.69. The van der Waals surface area contributed by atoms with Gasteiger partial charge in [0.2, 0.25) is 0 Å². The fourth-order valence-corrected chi connectivity index (χ4v) is 2.14. The van der Waals surface area contributed by atoms with Gasteiger partial charge in [0, 0.05) is 19.0 Å². The molecule has 0 aliphatic carbocycles. The van der Waals surface area contributed by atoms with Crippen LogP contribution in [-0.4, -0.2) is 57.6 Å². The lowest BCUT2D eigenvalue weighted by Crippen LogP contribution is -2.65. The Kier molecular flexibility index (Phi) is 4.53. The number of nitrogens with one attached hydrogen (secondary N) is 1. The SMILES string of the molecule is C[C@H]1CN(C(=O)O)C[C@@H](NC(=O)OC(C)(C)C)[C@]1(C)O. The quantitative estimate of drug-likeness (QED) is 0.674. The molecule has 0 aromatic rings. The average molecular weight is 288 g/mol. The van der Waals surface area contributed by atoms with Crippen molar-refractivity contribution in [2.24, 2.45) is 5.92 Å². The molecule has 1 heterocycles. The van der Waals surface area contributed by atoms with Crippen LogP contribution in [0.15, 0.2) is 0 Å². The number of amides is 2. The van der Waals surface area contributed by atoms with Crippen LogP contribution in [0.25, 0.3) is 0 Å². The molecule has 0 radical (unpaired) electrons. The van der Waals surface area contributed by atoms with E-state index in [-0.39, 0.29) is 19.0 Å². The highest BCUT2D eigenvalue weighted by Crippen LogP contribution is 2.28. The fraction of sp³-hybridized carbons (Fsp3) is 0.846. The third-order valence-corrected chi connectivity index (χ3v) is 3.56. The van der Waals surface area contributed by atoms with Gasteiger partial charge in [-0.2, -0.15) is 0 Å². The summed E-state index contributed by atoms with van der Waals surface area (Å²) in [5.41, 5.74) is -1.84. The van der Waals surface area contributed by atoms with Crippen LogP contribution in [0.5, 0.6) is 0 Å². The van der Waals surface area contributed by atoms with Crippen molar-refractivity contribution in [2.75, 3.05) is 13.1 Å². The molecule has 1 fully saturated rings. The molecule has 3 atom stereocenters. The number of rotatable bonds is 1. The Morgan fingerprint density at radius 3 is 2.35 bits per heavy atom. The molecule has 0 spiro atoms. The molecule has 1 aliphatic heterocycles. The largest absolute Gasteiger partial charge is 0.465 e. The van der Waals surface area contributed by atoms with E-state index in [1.165, 1.54) is 4.90 Å². The molecule has 0 aromatic carbocycles. The number of carbonyl (C=O) groups is 2. The van der Waals surface area contributed by atoms with Gasteiger partial charge in [0.15, 0.2) is 0 Å². The van der Waals surface area contributed by atoms with E-state index in [0.29, 0.717) is 0 Å². The standard InChI is InChI=1S/C13H24N2O5/c1-8-6-15(11(17)18)7-9(13(8,5)19)14-10(16)20-12(2,3)4/h8-9,19H,6-7H2,1-5H3,(H,14,16)(H,17,18)/t8-,9+,13+/m0/s1. The molecule has 0 aromatic heterocycles. The normalized spacial score (nSPS) is 30.8. The number of piperidine rings is 1. The van der Waals surface area contributed by atoms with Crippen molar-refractivity contribution in [3.05, 3.63) is 0 Å². The molecule has 0 unspecified atom stereocenters. The summed E-state index contributed by atoms with van der Waals surface area (Å²) in [7, 11) is 0. The highest BCUT2D eigenvalue weighted by atomic mass is 16.6. The van der Waals surface area contributed by atoms with Crippen molar-refractivity contribution in [2.45, 2.75) is 51.9 Å². The molecule has 1 aliphatic rings. The number of carbonyl (C=O) groups excluding carboxylic acids is 1. The van der Waals surface area contributed by atoms with E-state index < -0.39 is 29.4 Å². The number of hydrogen-bond donors (Lipinski definition) is 3. The molecule has 3 N–H and O–H groups in total. The Morgan fingerprint density at radius 1 is 1.35 bits per heavy atom. The molecular weight excluding hydrogens is 264 g/mol. The Labute approximate surface area is 118 Å². The first kappa shape index (κ1) is 16.6. The minimum absolute atomic E-state index is 0.0336.